The monoisotopic (exact) mass is 386 g/mol. The van der Waals surface area contributed by atoms with E-state index >= 15 is 0 Å². The molecule has 0 radical (unpaired) electrons. The minimum absolute atomic E-state index is 0.122. The Morgan fingerprint density at radius 2 is 1.11 bits per heavy atom. The summed E-state index contributed by atoms with van der Waals surface area (Å²) in [5, 5.41) is 4.23. The number of amides is 1. The maximum absolute atomic E-state index is 11.7. The van der Waals surface area contributed by atoms with Gasteiger partial charge in [0.1, 0.15) is 0 Å². The molecule has 0 heterocycles. The maximum atomic E-state index is 11.7. The predicted molar refractivity (Wildman–Crippen MR) is 113 cm³/mol. The molecule has 0 rings (SSSR count). The number of hydrogen-bond acceptors (Lipinski definition) is 4. The Hall–Kier alpha value is -0.650. The van der Waals surface area contributed by atoms with Gasteiger partial charge in [-0.2, -0.15) is 0 Å². The molecule has 0 aliphatic heterocycles. The van der Waals surface area contributed by atoms with Crippen molar-refractivity contribution in [3.8, 4) is 0 Å². The molecule has 0 unspecified atom stereocenters. The van der Waals surface area contributed by atoms with Crippen LogP contribution in [0.5, 0.6) is 0 Å². The summed E-state index contributed by atoms with van der Waals surface area (Å²) in [5.41, 5.74) is 0. The van der Waals surface area contributed by atoms with Crippen molar-refractivity contribution in [2.75, 3.05) is 27.3 Å². The Labute approximate surface area is 168 Å². The van der Waals surface area contributed by atoms with E-state index in [2.05, 4.69) is 12.2 Å². The van der Waals surface area contributed by atoms with Crippen LogP contribution >= 0.6 is 0 Å². The lowest BCUT2D eigenvalue weighted by atomic mass is 10.0. The first-order valence-electron chi connectivity index (χ1n) is 11.4. The van der Waals surface area contributed by atoms with Gasteiger partial charge in [-0.25, -0.2) is 0 Å². The Kier molecular flexibility index (Phi) is 21.1. The highest BCUT2D eigenvalue weighted by molar-refractivity contribution is 5.75. The number of nitrogens with zero attached hydrogens (tertiary/aromatic N) is 1. The van der Waals surface area contributed by atoms with Crippen molar-refractivity contribution in [1.29, 1.82) is 0 Å². The molecule has 0 atom stereocenters. The number of nitrogens with one attached hydrogen (secondary N) is 1. The highest BCUT2D eigenvalue weighted by Crippen LogP contribution is 2.13. The van der Waals surface area contributed by atoms with E-state index in [0.29, 0.717) is 19.5 Å². The molecule has 0 aromatic heterocycles. The smallest absolute Gasteiger partial charge is 0.220 e. The van der Waals surface area contributed by atoms with Crippen LogP contribution in [0.1, 0.15) is 110 Å². The first-order chi connectivity index (χ1) is 13.2. The van der Waals surface area contributed by atoms with Gasteiger partial charge in [0.25, 0.3) is 0 Å². The van der Waals surface area contributed by atoms with Crippen LogP contribution in [0.4, 0.5) is 0 Å². The lowest BCUT2D eigenvalue weighted by Gasteiger charge is -2.16. The number of hydrogen-bond donors (Lipinski definition) is 1. The van der Waals surface area contributed by atoms with Gasteiger partial charge in [-0.3, -0.25) is 14.5 Å². The molecular weight excluding hydrogens is 340 g/mol. The summed E-state index contributed by atoms with van der Waals surface area (Å²) in [7, 11) is 3.09. The summed E-state index contributed by atoms with van der Waals surface area (Å²) in [5.74, 6) is 0.122. The first kappa shape index (κ1) is 26.4. The average molecular weight is 387 g/mol. The highest BCUT2D eigenvalue weighted by atomic mass is 16.9. The summed E-state index contributed by atoms with van der Waals surface area (Å²) in [6.07, 6.45) is 20.8. The molecule has 27 heavy (non-hydrogen) atoms. The molecule has 0 aliphatic carbocycles. The highest BCUT2D eigenvalue weighted by Gasteiger charge is 2.04. The molecule has 0 saturated carbocycles. The fourth-order valence-electron chi connectivity index (χ4n) is 3.29. The molecule has 0 spiro atoms. The fraction of sp³-hybridized carbons (Fsp3) is 0.955. The topological polar surface area (TPSA) is 50.8 Å². The zero-order chi connectivity index (χ0) is 20.0. The molecule has 0 bridgehead atoms. The first-order valence-corrected chi connectivity index (χ1v) is 11.4. The van der Waals surface area contributed by atoms with Gasteiger partial charge < -0.3 is 5.32 Å². The third-order valence-electron chi connectivity index (χ3n) is 5.03. The van der Waals surface area contributed by atoms with E-state index < -0.39 is 0 Å². The van der Waals surface area contributed by atoms with Gasteiger partial charge in [0.05, 0.1) is 20.8 Å². The summed E-state index contributed by atoms with van der Waals surface area (Å²) in [6.45, 7) is 3.34. The zero-order valence-corrected chi connectivity index (χ0v) is 18.4. The van der Waals surface area contributed by atoms with E-state index in [9.17, 15) is 4.79 Å². The Balaban J connectivity index is 3.19. The minimum atomic E-state index is 0.122. The van der Waals surface area contributed by atoms with Crippen molar-refractivity contribution < 1.29 is 14.5 Å². The van der Waals surface area contributed by atoms with Crippen molar-refractivity contribution in [2.45, 2.75) is 110 Å². The van der Waals surface area contributed by atoms with Gasteiger partial charge in [-0.15, -0.1) is 0 Å². The normalized spacial score (nSPS) is 11.3. The van der Waals surface area contributed by atoms with Crippen LogP contribution in [0.2, 0.25) is 0 Å². The molecule has 0 fully saturated rings. The standard InChI is InChI=1S/C22H46N2O3/c1-4-5-6-7-8-9-10-11-12-13-14-15-16-17-18-19-22(25)23-20-21-24(26-2)27-3/h4-21H2,1-3H3,(H,23,25). The van der Waals surface area contributed by atoms with Crippen molar-refractivity contribution >= 4 is 5.91 Å². The van der Waals surface area contributed by atoms with E-state index in [1.54, 1.807) is 14.2 Å². The second kappa shape index (κ2) is 21.6. The average Bonchev–Trinajstić information content (AvgIpc) is 2.68. The van der Waals surface area contributed by atoms with Crippen LogP contribution in [0, 0.1) is 0 Å². The lowest BCUT2D eigenvalue weighted by Crippen LogP contribution is -2.33. The lowest BCUT2D eigenvalue weighted by molar-refractivity contribution is -0.341. The second-order valence-electron chi connectivity index (χ2n) is 7.47. The number of rotatable bonds is 21. The summed E-state index contributed by atoms with van der Waals surface area (Å²) in [4.78, 5) is 21.6. The predicted octanol–water partition coefficient (Wildman–Crippen LogP) is 5.79. The largest absolute Gasteiger partial charge is 0.355 e. The maximum Gasteiger partial charge on any atom is 0.220 e. The van der Waals surface area contributed by atoms with E-state index in [4.69, 9.17) is 9.68 Å². The van der Waals surface area contributed by atoms with Gasteiger partial charge >= 0.3 is 0 Å². The molecule has 162 valence electrons. The molecule has 0 aromatic carbocycles. The van der Waals surface area contributed by atoms with Crippen molar-refractivity contribution in [2.24, 2.45) is 0 Å². The third kappa shape index (κ3) is 19.9. The number of hydroxylamine groups is 2. The van der Waals surface area contributed by atoms with E-state index in [-0.39, 0.29) is 5.91 Å². The fourth-order valence-corrected chi connectivity index (χ4v) is 3.29. The number of carbonyl (C=O) groups excluding carboxylic acids is 1. The zero-order valence-electron chi connectivity index (χ0n) is 18.4. The Bertz CT molecular complexity index is 310. The van der Waals surface area contributed by atoms with Crippen LogP contribution in [0.25, 0.3) is 0 Å². The summed E-state index contributed by atoms with van der Waals surface area (Å²) < 4.78 is 0. The van der Waals surface area contributed by atoms with E-state index in [0.717, 1.165) is 12.8 Å². The molecule has 0 saturated heterocycles. The number of carbonyl (C=O) groups is 1. The van der Waals surface area contributed by atoms with Gasteiger partial charge in [0.2, 0.25) is 5.91 Å². The minimum Gasteiger partial charge on any atom is -0.355 e. The van der Waals surface area contributed by atoms with E-state index in [1.165, 1.54) is 88.7 Å². The Morgan fingerprint density at radius 3 is 1.52 bits per heavy atom. The molecular formula is C22H46N2O3. The molecule has 0 aliphatic rings. The van der Waals surface area contributed by atoms with Crippen LogP contribution in [-0.4, -0.2) is 38.4 Å². The molecule has 5 heteroatoms. The van der Waals surface area contributed by atoms with Crippen LogP contribution in [-0.2, 0) is 14.5 Å². The molecule has 1 amide bonds. The van der Waals surface area contributed by atoms with Crippen molar-refractivity contribution in [3.05, 3.63) is 0 Å². The summed E-state index contributed by atoms with van der Waals surface area (Å²) in [6, 6.07) is 0. The molecule has 1 N–H and O–H groups in total. The van der Waals surface area contributed by atoms with Crippen molar-refractivity contribution in [3.63, 3.8) is 0 Å². The second-order valence-corrected chi connectivity index (χ2v) is 7.47. The third-order valence-corrected chi connectivity index (χ3v) is 5.03. The van der Waals surface area contributed by atoms with Crippen LogP contribution in [0.3, 0.4) is 0 Å². The van der Waals surface area contributed by atoms with E-state index in [1.807, 2.05) is 0 Å². The Morgan fingerprint density at radius 1 is 0.704 bits per heavy atom. The molecule has 5 nitrogen and oxygen atoms in total. The summed E-state index contributed by atoms with van der Waals surface area (Å²) >= 11 is 0. The SMILES string of the molecule is CCCCCCCCCCCCCCCCCC(=O)NCCN(OC)OC. The van der Waals surface area contributed by atoms with Gasteiger partial charge in [0, 0.05) is 13.0 Å². The van der Waals surface area contributed by atoms with Crippen molar-refractivity contribution in [1.82, 2.24) is 10.5 Å². The van der Waals surface area contributed by atoms with Gasteiger partial charge in [-0.05, 0) is 6.42 Å². The number of unbranched alkanes of at least 4 members (excludes halogenated alkanes) is 14. The van der Waals surface area contributed by atoms with Gasteiger partial charge in [0.15, 0.2) is 0 Å². The van der Waals surface area contributed by atoms with Crippen LogP contribution < -0.4 is 5.32 Å². The van der Waals surface area contributed by atoms with Crippen LogP contribution in [0.15, 0.2) is 0 Å². The van der Waals surface area contributed by atoms with Gasteiger partial charge in [-0.1, -0.05) is 102 Å². The molecule has 0 aromatic rings. The quantitative estimate of drug-likeness (QED) is 0.200.